The molecule has 0 saturated carbocycles. The molecule has 8 nitrogen and oxygen atoms in total. The second kappa shape index (κ2) is 7.91. The van der Waals surface area contributed by atoms with Gasteiger partial charge < -0.3 is 5.32 Å². The number of thioether (sulfide) groups is 1. The van der Waals surface area contributed by atoms with E-state index in [1.807, 2.05) is 16.9 Å². The van der Waals surface area contributed by atoms with Crippen LogP contribution in [0.25, 0.3) is 11.3 Å². The van der Waals surface area contributed by atoms with E-state index in [4.69, 9.17) is 0 Å². The van der Waals surface area contributed by atoms with Gasteiger partial charge in [0.05, 0.1) is 11.9 Å². The first-order valence-corrected chi connectivity index (χ1v) is 8.84. The molecule has 3 rings (SSSR count). The first kappa shape index (κ1) is 16.4. The van der Waals surface area contributed by atoms with Gasteiger partial charge in [0.1, 0.15) is 6.33 Å². The molecular weight excluding hydrogens is 324 g/mol. The second-order valence-electron chi connectivity index (χ2n) is 5.20. The topological polar surface area (TPSA) is 97.2 Å². The molecule has 0 bridgehead atoms. The van der Waals surface area contributed by atoms with Crippen LogP contribution in [0.2, 0.25) is 0 Å². The van der Waals surface area contributed by atoms with Crippen LogP contribution in [0.4, 0.5) is 5.95 Å². The Morgan fingerprint density at radius 2 is 2.25 bits per heavy atom. The van der Waals surface area contributed by atoms with E-state index in [1.165, 1.54) is 6.33 Å². The van der Waals surface area contributed by atoms with Crippen molar-refractivity contribution in [3.8, 4) is 11.3 Å². The van der Waals surface area contributed by atoms with Gasteiger partial charge in [-0.3, -0.25) is 9.78 Å². The minimum atomic E-state index is 0.619. The van der Waals surface area contributed by atoms with Gasteiger partial charge in [0.15, 0.2) is 5.16 Å². The van der Waals surface area contributed by atoms with Crippen LogP contribution in [0.15, 0.2) is 29.9 Å². The van der Waals surface area contributed by atoms with Crippen molar-refractivity contribution in [2.45, 2.75) is 32.0 Å². The third kappa shape index (κ3) is 3.91. The van der Waals surface area contributed by atoms with Crippen molar-refractivity contribution in [3.05, 3.63) is 30.5 Å². The molecule has 126 valence electrons. The van der Waals surface area contributed by atoms with Gasteiger partial charge >= 0.3 is 0 Å². The monoisotopic (exact) mass is 344 g/mol. The minimum Gasteiger partial charge on any atom is -0.353 e. The Labute approximate surface area is 144 Å². The van der Waals surface area contributed by atoms with Crippen LogP contribution in [-0.4, -0.2) is 47.2 Å². The molecule has 3 aromatic rings. The lowest BCUT2D eigenvalue weighted by molar-refractivity contribution is 0.587. The fraction of sp³-hybridized carbons (Fsp3) is 0.400. The predicted molar refractivity (Wildman–Crippen MR) is 93.9 cm³/mol. The van der Waals surface area contributed by atoms with Crippen molar-refractivity contribution in [1.29, 1.82) is 0 Å². The molecular formula is C15H20N8S. The maximum Gasteiger partial charge on any atom is 0.223 e. The van der Waals surface area contributed by atoms with Gasteiger partial charge in [-0.05, 0) is 19.4 Å². The van der Waals surface area contributed by atoms with E-state index >= 15 is 0 Å². The second-order valence-corrected chi connectivity index (χ2v) is 6.28. The van der Waals surface area contributed by atoms with Crippen LogP contribution in [0.5, 0.6) is 0 Å². The first-order chi connectivity index (χ1) is 11.8. The Hall–Kier alpha value is -2.42. The number of aromatic nitrogens is 7. The normalized spacial score (nSPS) is 10.9. The highest BCUT2D eigenvalue weighted by Gasteiger charge is 2.10. The zero-order valence-electron chi connectivity index (χ0n) is 13.7. The van der Waals surface area contributed by atoms with Gasteiger partial charge in [0.2, 0.25) is 5.95 Å². The van der Waals surface area contributed by atoms with Crippen LogP contribution in [-0.2, 0) is 6.54 Å². The molecule has 0 unspecified atom stereocenters. The zero-order chi connectivity index (χ0) is 16.8. The standard InChI is InChI=1S/C15H20N8S/c1-3-7-23-11(2)12(9-20-23)13-4-5-16-14(21-13)17-6-8-24-15-18-10-19-22-15/h4-5,9-10H,3,6-8H2,1-2H3,(H,16,17,21)(H,18,19,22). The van der Waals surface area contributed by atoms with Gasteiger partial charge in [-0.15, -0.1) is 0 Å². The smallest absolute Gasteiger partial charge is 0.223 e. The van der Waals surface area contributed by atoms with Gasteiger partial charge in [-0.2, -0.15) is 10.2 Å². The Balaban J connectivity index is 1.61. The Kier molecular flexibility index (Phi) is 5.42. The number of H-pyrrole nitrogens is 1. The molecule has 0 fully saturated rings. The van der Waals surface area contributed by atoms with Crippen molar-refractivity contribution in [1.82, 2.24) is 34.9 Å². The number of nitrogens with one attached hydrogen (secondary N) is 2. The molecule has 0 atom stereocenters. The van der Waals surface area contributed by atoms with E-state index in [2.05, 4.69) is 49.4 Å². The van der Waals surface area contributed by atoms with Crippen molar-refractivity contribution in [2.24, 2.45) is 0 Å². The largest absolute Gasteiger partial charge is 0.353 e. The summed E-state index contributed by atoms with van der Waals surface area (Å²) in [6.45, 7) is 5.87. The van der Waals surface area contributed by atoms with Gasteiger partial charge in [0.25, 0.3) is 0 Å². The van der Waals surface area contributed by atoms with Gasteiger partial charge in [-0.25, -0.2) is 15.0 Å². The quantitative estimate of drug-likeness (QED) is 0.478. The summed E-state index contributed by atoms with van der Waals surface area (Å²) in [5.74, 6) is 1.46. The number of anilines is 1. The van der Waals surface area contributed by atoms with Crippen LogP contribution in [0.3, 0.4) is 0 Å². The van der Waals surface area contributed by atoms with E-state index in [0.29, 0.717) is 5.95 Å². The van der Waals surface area contributed by atoms with E-state index < -0.39 is 0 Å². The average molecular weight is 344 g/mol. The van der Waals surface area contributed by atoms with Gasteiger partial charge in [0, 0.05) is 36.3 Å². The van der Waals surface area contributed by atoms with Crippen LogP contribution in [0.1, 0.15) is 19.0 Å². The lowest BCUT2D eigenvalue weighted by Gasteiger charge is -2.06. The highest BCUT2D eigenvalue weighted by atomic mass is 32.2. The number of hydrogen-bond acceptors (Lipinski definition) is 7. The number of aromatic amines is 1. The van der Waals surface area contributed by atoms with E-state index in [0.717, 1.165) is 47.4 Å². The molecule has 0 aliphatic rings. The fourth-order valence-corrected chi connectivity index (χ4v) is 2.94. The van der Waals surface area contributed by atoms with Crippen molar-refractivity contribution < 1.29 is 0 Å². The molecule has 24 heavy (non-hydrogen) atoms. The molecule has 3 aromatic heterocycles. The molecule has 0 amide bonds. The summed E-state index contributed by atoms with van der Waals surface area (Å²) < 4.78 is 2.01. The number of nitrogens with zero attached hydrogens (tertiary/aromatic N) is 6. The zero-order valence-corrected chi connectivity index (χ0v) is 14.5. The van der Waals surface area contributed by atoms with Crippen LogP contribution < -0.4 is 5.32 Å². The first-order valence-electron chi connectivity index (χ1n) is 7.85. The number of hydrogen-bond donors (Lipinski definition) is 2. The van der Waals surface area contributed by atoms with E-state index in [9.17, 15) is 0 Å². The Morgan fingerprint density at radius 1 is 1.33 bits per heavy atom. The molecule has 0 aliphatic heterocycles. The Bertz CT molecular complexity index is 768. The molecule has 3 heterocycles. The molecule has 0 aliphatic carbocycles. The lowest BCUT2D eigenvalue weighted by atomic mass is 10.2. The predicted octanol–water partition coefficient (Wildman–Crippen LogP) is 2.38. The summed E-state index contributed by atoms with van der Waals surface area (Å²) >= 11 is 1.60. The van der Waals surface area contributed by atoms with E-state index in [-0.39, 0.29) is 0 Å². The van der Waals surface area contributed by atoms with E-state index in [1.54, 1.807) is 18.0 Å². The third-order valence-corrected chi connectivity index (χ3v) is 4.37. The molecule has 0 aromatic carbocycles. The maximum absolute atomic E-state index is 4.59. The maximum atomic E-state index is 4.59. The fourth-order valence-electron chi connectivity index (χ4n) is 2.30. The summed E-state index contributed by atoms with van der Waals surface area (Å²) in [7, 11) is 0. The third-order valence-electron chi connectivity index (χ3n) is 3.49. The molecule has 0 spiro atoms. The SMILES string of the molecule is CCCn1ncc(-c2ccnc(NCCSc3ncn[nH]3)n2)c1C. The highest BCUT2D eigenvalue weighted by molar-refractivity contribution is 7.99. The Morgan fingerprint density at radius 3 is 3.04 bits per heavy atom. The van der Waals surface area contributed by atoms with Crippen molar-refractivity contribution in [2.75, 3.05) is 17.6 Å². The van der Waals surface area contributed by atoms with Crippen molar-refractivity contribution >= 4 is 17.7 Å². The molecule has 0 radical (unpaired) electrons. The summed E-state index contributed by atoms with van der Waals surface area (Å²) in [4.78, 5) is 12.9. The molecule has 9 heteroatoms. The molecule has 0 saturated heterocycles. The number of aryl methyl sites for hydroxylation is 1. The lowest BCUT2D eigenvalue weighted by Crippen LogP contribution is -2.08. The highest BCUT2D eigenvalue weighted by Crippen LogP contribution is 2.21. The molecule has 2 N–H and O–H groups in total. The number of rotatable bonds is 8. The van der Waals surface area contributed by atoms with Crippen molar-refractivity contribution in [3.63, 3.8) is 0 Å². The summed E-state index contributed by atoms with van der Waals surface area (Å²) in [5.41, 5.74) is 3.06. The summed E-state index contributed by atoms with van der Waals surface area (Å²) in [5, 5.41) is 15.1. The minimum absolute atomic E-state index is 0.619. The summed E-state index contributed by atoms with van der Waals surface area (Å²) in [6.07, 6.45) is 6.20. The van der Waals surface area contributed by atoms with Gasteiger partial charge in [-0.1, -0.05) is 18.7 Å². The van der Waals surface area contributed by atoms with Crippen LogP contribution in [0, 0.1) is 6.92 Å². The average Bonchev–Trinajstić information content (AvgIpc) is 3.23. The summed E-state index contributed by atoms with van der Waals surface area (Å²) in [6, 6.07) is 1.91. The van der Waals surface area contributed by atoms with Crippen LogP contribution >= 0.6 is 11.8 Å².